The summed E-state index contributed by atoms with van der Waals surface area (Å²) < 4.78 is 0. The van der Waals surface area contributed by atoms with Crippen molar-refractivity contribution in [3.8, 4) is 0 Å². The fourth-order valence-corrected chi connectivity index (χ4v) is 1.96. The highest BCUT2D eigenvalue weighted by Crippen LogP contribution is 2.28. The standard InChI is InChI=1S/C12H18N2/c1-9-5-6-12(9)14-10(2)11-4-3-7-13-8-11/h3-4,7-10,12,14H,5-6H2,1-2H3/t9?,10-,12?/m1/s1. The Labute approximate surface area is 85.7 Å². The van der Waals surface area contributed by atoms with Crippen molar-refractivity contribution < 1.29 is 0 Å². The van der Waals surface area contributed by atoms with Crippen LogP contribution in [0.15, 0.2) is 24.5 Å². The highest BCUT2D eigenvalue weighted by molar-refractivity contribution is 5.13. The van der Waals surface area contributed by atoms with Gasteiger partial charge in [-0.2, -0.15) is 0 Å². The molecule has 2 unspecified atom stereocenters. The summed E-state index contributed by atoms with van der Waals surface area (Å²) in [6.07, 6.45) is 6.46. The van der Waals surface area contributed by atoms with E-state index in [1.807, 2.05) is 18.5 Å². The molecule has 1 aromatic heterocycles. The maximum atomic E-state index is 4.14. The Morgan fingerprint density at radius 1 is 1.50 bits per heavy atom. The van der Waals surface area contributed by atoms with Crippen LogP contribution in [-0.2, 0) is 0 Å². The van der Waals surface area contributed by atoms with Crippen molar-refractivity contribution in [2.24, 2.45) is 5.92 Å². The molecule has 2 heteroatoms. The summed E-state index contributed by atoms with van der Waals surface area (Å²) in [5.41, 5.74) is 1.28. The average molecular weight is 190 g/mol. The molecule has 0 saturated heterocycles. The molecular weight excluding hydrogens is 172 g/mol. The van der Waals surface area contributed by atoms with Gasteiger partial charge in [0.1, 0.15) is 0 Å². The van der Waals surface area contributed by atoms with Crippen LogP contribution in [0.3, 0.4) is 0 Å². The van der Waals surface area contributed by atoms with Gasteiger partial charge in [0.15, 0.2) is 0 Å². The summed E-state index contributed by atoms with van der Waals surface area (Å²) in [6.45, 7) is 4.53. The van der Waals surface area contributed by atoms with Gasteiger partial charge in [0.2, 0.25) is 0 Å². The summed E-state index contributed by atoms with van der Waals surface area (Å²) in [5, 5.41) is 3.64. The third-order valence-corrected chi connectivity index (χ3v) is 3.27. The topological polar surface area (TPSA) is 24.9 Å². The molecule has 0 radical (unpaired) electrons. The second-order valence-electron chi connectivity index (χ2n) is 4.34. The summed E-state index contributed by atoms with van der Waals surface area (Å²) >= 11 is 0. The lowest BCUT2D eigenvalue weighted by Gasteiger charge is -2.36. The maximum Gasteiger partial charge on any atom is 0.0315 e. The molecule has 0 spiro atoms. The Bertz CT molecular complexity index is 284. The predicted molar refractivity (Wildman–Crippen MR) is 58.0 cm³/mol. The van der Waals surface area contributed by atoms with Gasteiger partial charge in [0, 0.05) is 24.5 Å². The number of aromatic nitrogens is 1. The highest BCUT2D eigenvalue weighted by Gasteiger charge is 2.27. The molecule has 1 N–H and O–H groups in total. The van der Waals surface area contributed by atoms with Crippen molar-refractivity contribution in [3.05, 3.63) is 30.1 Å². The van der Waals surface area contributed by atoms with Crippen LogP contribution in [0.5, 0.6) is 0 Å². The summed E-state index contributed by atoms with van der Waals surface area (Å²) in [5.74, 6) is 0.842. The van der Waals surface area contributed by atoms with Gasteiger partial charge in [-0.25, -0.2) is 0 Å². The van der Waals surface area contributed by atoms with Crippen molar-refractivity contribution in [3.63, 3.8) is 0 Å². The first-order valence-corrected chi connectivity index (χ1v) is 5.43. The van der Waals surface area contributed by atoms with Crippen LogP contribution in [-0.4, -0.2) is 11.0 Å². The van der Waals surface area contributed by atoms with Crippen LogP contribution in [0.25, 0.3) is 0 Å². The van der Waals surface area contributed by atoms with Crippen LogP contribution < -0.4 is 5.32 Å². The smallest absolute Gasteiger partial charge is 0.0315 e. The second-order valence-corrected chi connectivity index (χ2v) is 4.34. The Morgan fingerprint density at radius 3 is 2.86 bits per heavy atom. The first kappa shape index (κ1) is 9.66. The lowest BCUT2D eigenvalue weighted by molar-refractivity contribution is 0.214. The van der Waals surface area contributed by atoms with Gasteiger partial charge in [0.25, 0.3) is 0 Å². The number of nitrogens with zero attached hydrogens (tertiary/aromatic N) is 1. The van der Waals surface area contributed by atoms with Crippen LogP contribution in [0.4, 0.5) is 0 Å². The first-order chi connectivity index (χ1) is 6.77. The Morgan fingerprint density at radius 2 is 2.36 bits per heavy atom. The molecule has 1 aromatic rings. The molecular formula is C12H18N2. The molecule has 0 aromatic carbocycles. The van der Waals surface area contributed by atoms with Gasteiger partial charge in [0.05, 0.1) is 0 Å². The summed E-state index contributed by atoms with van der Waals surface area (Å²) in [7, 11) is 0. The second kappa shape index (κ2) is 4.09. The molecule has 1 aliphatic carbocycles. The minimum absolute atomic E-state index is 0.427. The van der Waals surface area contributed by atoms with Crippen LogP contribution in [0.2, 0.25) is 0 Å². The molecule has 0 bridgehead atoms. The van der Waals surface area contributed by atoms with E-state index in [-0.39, 0.29) is 0 Å². The Kier molecular flexibility index (Phi) is 2.82. The average Bonchev–Trinajstić information content (AvgIpc) is 2.24. The SMILES string of the molecule is CC1CCC1N[C@H](C)c1cccnc1. The Hall–Kier alpha value is -0.890. The summed E-state index contributed by atoms with van der Waals surface area (Å²) in [4.78, 5) is 4.14. The van der Waals surface area contributed by atoms with E-state index in [2.05, 4.69) is 30.2 Å². The molecule has 1 heterocycles. The van der Waals surface area contributed by atoms with Crippen LogP contribution in [0, 0.1) is 5.92 Å². The van der Waals surface area contributed by atoms with Crippen molar-refractivity contribution >= 4 is 0 Å². The molecule has 1 aliphatic rings. The zero-order valence-corrected chi connectivity index (χ0v) is 8.90. The quantitative estimate of drug-likeness (QED) is 0.792. The summed E-state index contributed by atoms with van der Waals surface area (Å²) in [6, 6.07) is 5.27. The van der Waals surface area contributed by atoms with E-state index >= 15 is 0 Å². The number of hydrogen-bond donors (Lipinski definition) is 1. The van der Waals surface area contributed by atoms with Gasteiger partial charge in [-0.3, -0.25) is 4.98 Å². The van der Waals surface area contributed by atoms with Crippen molar-refractivity contribution in [2.75, 3.05) is 0 Å². The molecule has 1 fully saturated rings. The van der Waals surface area contributed by atoms with Crippen LogP contribution in [0.1, 0.15) is 38.3 Å². The molecule has 0 aliphatic heterocycles. The van der Waals surface area contributed by atoms with E-state index in [9.17, 15) is 0 Å². The fourth-order valence-electron chi connectivity index (χ4n) is 1.96. The molecule has 1 saturated carbocycles. The number of nitrogens with one attached hydrogen (secondary N) is 1. The van der Waals surface area contributed by atoms with Gasteiger partial charge >= 0.3 is 0 Å². The van der Waals surface area contributed by atoms with E-state index in [1.165, 1.54) is 18.4 Å². The van der Waals surface area contributed by atoms with Gasteiger partial charge in [-0.15, -0.1) is 0 Å². The lowest BCUT2D eigenvalue weighted by atomic mass is 9.80. The van der Waals surface area contributed by atoms with E-state index < -0.39 is 0 Å². The first-order valence-electron chi connectivity index (χ1n) is 5.43. The minimum Gasteiger partial charge on any atom is -0.307 e. The van der Waals surface area contributed by atoms with E-state index in [0.717, 1.165) is 5.92 Å². The van der Waals surface area contributed by atoms with E-state index in [4.69, 9.17) is 0 Å². The van der Waals surface area contributed by atoms with Crippen molar-refractivity contribution in [1.82, 2.24) is 10.3 Å². The van der Waals surface area contributed by atoms with Gasteiger partial charge in [-0.1, -0.05) is 13.0 Å². The van der Waals surface area contributed by atoms with E-state index in [0.29, 0.717) is 12.1 Å². The number of pyridine rings is 1. The molecule has 76 valence electrons. The molecule has 0 amide bonds. The van der Waals surface area contributed by atoms with Crippen LogP contribution >= 0.6 is 0 Å². The minimum atomic E-state index is 0.427. The molecule has 2 rings (SSSR count). The van der Waals surface area contributed by atoms with Gasteiger partial charge < -0.3 is 5.32 Å². The molecule has 14 heavy (non-hydrogen) atoms. The zero-order chi connectivity index (χ0) is 9.97. The fraction of sp³-hybridized carbons (Fsp3) is 0.583. The third kappa shape index (κ3) is 1.95. The Balaban J connectivity index is 1.92. The lowest BCUT2D eigenvalue weighted by Crippen LogP contribution is -2.43. The number of hydrogen-bond acceptors (Lipinski definition) is 2. The monoisotopic (exact) mass is 190 g/mol. The maximum absolute atomic E-state index is 4.14. The van der Waals surface area contributed by atoms with E-state index in [1.54, 1.807) is 0 Å². The zero-order valence-electron chi connectivity index (χ0n) is 8.90. The normalized spacial score (nSPS) is 28.1. The number of rotatable bonds is 3. The molecule has 3 atom stereocenters. The highest BCUT2D eigenvalue weighted by atomic mass is 15.0. The largest absolute Gasteiger partial charge is 0.307 e. The third-order valence-electron chi connectivity index (χ3n) is 3.27. The van der Waals surface area contributed by atoms with Crippen molar-refractivity contribution in [1.29, 1.82) is 0 Å². The predicted octanol–water partition coefficient (Wildman–Crippen LogP) is 2.53. The van der Waals surface area contributed by atoms with Gasteiger partial charge in [-0.05, 0) is 37.3 Å². The van der Waals surface area contributed by atoms with Crippen molar-refractivity contribution in [2.45, 2.75) is 38.8 Å². The molecule has 2 nitrogen and oxygen atoms in total.